The van der Waals surface area contributed by atoms with E-state index in [1.807, 2.05) is 0 Å². The summed E-state index contributed by atoms with van der Waals surface area (Å²) in [6.07, 6.45) is 4.94. The molecule has 2 N–H and O–H groups in total. The Hall–Kier alpha value is -3.55. The summed E-state index contributed by atoms with van der Waals surface area (Å²) in [5.41, 5.74) is 0.657. The van der Waals surface area contributed by atoms with Crippen molar-refractivity contribution >= 4 is 21.9 Å². The van der Waals surface area contributed by atoms with Crippen LogP contribution in [-0.2, 0) is 19.6 Å². The molecule has 0 aliphatic heterocycles. The van der Waals surface area contributed by atoms with Gasteiger partial charge in [0.2, 0.25) is 10.0 Å². The maximum absolute atomic E-state index is 12.9. The predicted molar refractivity (Wildman–Crippen MR) is 117 cm³/mol. The number of carbonyl (C=O) groups excluding carboxylic acids is 2. The summed E-state index contributed by atoms with van der Waals surface area (Å²) in [7, 11) is 0.326. The first-order valence-corrected chi connectivity index (χ1v) is 10.9. The number of methoxy groups -OCH3 is 3. The minimum atomic E-state index is -3.88. The fourth-order valence-electron chi connectivity index (χ4n) is 2.84. The van der Waals surface area contributed by atoms with Crippen LogP contribution in [0.2, 0.25) is 0 Å². The van der Waals surface area contributed by atoms with Crippen molar-refractivity contribution in [2.75, 3.05) is 27.9 Å². The Labute approximate surface area is 187 Å². The first-order valence-electron chi connectivity index (χ1n) is 9.38. The maximum atomic E-state index is 12.9. The molecule has 170 valence electrons. The lowest BCUT2D eigenvalue weighted by Crippen LogP contribution is -2.31. The van der Waals surface area contributed by atoms with Crippen molar-refractivity contribution in [3.8, 4) is 23.8 Å². The smallest absolute Gasteiger partial charge is 0.307 e. The van der Waals surface area contributed by atoms with E-state index in [1.54, 1.807) is 18.2 Å². The second-order valence-electron chi connectivity index (χ2n) is 6.48. The van der Waals surface area contributed by atoms with E-state index in [4.69, 9.17) is 20.6 Å². The van der Waals surface area contributed by atoms with Crippen molar-refractivity contribution < 1.29 is 32.2 Å². The molecule has 32 heavy (non-hydrogen) atoms. The zero-order valence-corrected chi connectivity index (χ0v) is 18.7. The van der Waals surface area contributed by atoms with Gasteiger partial charge >= 0.3 is 5.97 Å². The van der Waals surface area contributed by atoms with Crippen LogP contribution in [0.5, 0.6) is 11.5 Å². The number of nitrogens with one attached hydrogen (secondary N) is 2. The monoisotopic (exact) mass is 460 g/mol. The minimum Gasteiger partial charge on any atom is -0.493 e. The third-order valence-corrected chi connectivity index (χ3v) is 5.88. The van der Waals surface area contributed by atoms with Gasteiger partial charge in [-0.2, -0.15) is 4.72 Å². The fraction of sp³-hybridized carbons (Fsp3) is 0.273. The number of hydrogen-bond acceptors (Lipinski definition) is 7. The third kappa shape index (κ3) is 6.23. The Morgan fingerprint density at radius 1 is 1.06 bits per heavy atom. The molecule has 1 amide bonds. The number of sulfonamides is 1. The maximum Gasteiger partial charge on any atom is 0.307 e. The van der Waals surface area contributed by atoms with Crippen LogP contribution >= 0.6 is 0 Å². The fourth-order valence-corrected chi connectivity index (χ4v) is 3.82. The predicted octanol–water partition coefficient (Wildman–Crippen LogP) is 1.65. The van der Waals surface area contributed by atoms with Crippen molar-refractivity contribution in [2.45, 2.75) is 17.4 Å². The molecule has 2 aromatic rings. The standard InChI is InChI=1S/C22H24N2O7S/c1-5-11-23-32(27,28)17-8-6-7-16(12-17)22(26)24-18(14-21(25)31-4)15-9-10-19(29-2)20(13-15)30-3/h1,6-10,12-13,18,23H,11,14H2,2-4H3,(H,24,26). The number of carbonyl (C=O) groups is 2. The van der Waals surface area contributed by atoms with Gasteiger partial charge in [0.05, 0.1) is 45.2 Å². The van der Waals surface area contributed by atoms with Crippen molar-refractivity contribution in [1.29, 1.82) is 0 Å². The number of esters is 1. The summed E-state index contributed by atoms with van der Waals surface area (Å²) < 4.78 is 42.1. The number of terminal acetylenes is 1. The SMILES string of the molecule is C#CCNS(=O)(=O)c1cccc(C(=O)NC(CC(=O)OC)c2ccc(OC)c(OC)c2)c1. The van der Waals surface area contributed by atoms with E-state index in [9.17, 15) is 18.0 Å². The summed E-state index contributed by atoms with van der Waals surface area (Å²) in [4.78, 5) is 24.7. The number of benzene rings is 2. The van der Waals surface area contributed by atoms with Gasteiger partial charge in [-0.3, -0.25) is 9.59 Å². The molecule has 1 unspecified atom stereocenters. The molecule has 0 radical (unpaired) electrons. The summed E-state index contributed by atoms with van der Waals surface area (Å²) in [6, 6.07) is 9.65. The molecular formula is C22H24N2O7S. The second kappa shape index (κ2) is 11.2. The van der Waals surface area contributed by atoms with Gasteiger partial charge in [0.1, 0.15) is 0 Å². The van der Waals surface area contributed by atoms with E-state index in [0.717, 1.165) is 0 Å². The topological polar surface area (TPSA) is 120 Å². The molecule has 0 bridgehead atoms. The van der Waals surface area contributed by atoms with Crippen molar-refractivity contribution in [1.82, 2.24) is 10.0 Å². The molecule has 2 rings (SSSR count). The molecule has 0 fully saturated rings. The van der Waals surface area contributed by atoms with Gasteiger partial charge in [-0.05, 0) is 35.9 Å². The molecule has 10 heteroatoms. The highest BCUT2D eigenvalue weighted by atomic mass is 32.2. The average Bonchev–Trinajstić information content (AvgIpc) is 2.81. The van der Waals surface area contributed by atoms with E-state index < -0.39 is 27.9 Å². The summed E-state index contributed by atoms with van der Waals surface area (Å²) in [5, 5.41) is 2.74. The normalized spacial score (nSPS) is 11.7. The first kappa shape index (κ1) is 24.7. The highest BCUT2D eigenvalue weighted by molar-refractivity contribution is 7.89. The zero-order valence-electron chi connectivity index (χ0n) is 17.9. The number of rotatable bonds is 10. The van der Waals surface area contributed by atoms with Crippen LogP contribution in [0.3, 0.4) is 0 Å². The van der Waals surface area contributed by atoms with Gasteiger partial charge in [0, 0.05) is 5.56 Å². The molecule has 0 aliphatic carbocycles. The van der Waals surface area contributed by atoms with Gasteiger partial charge < -0.3 is 19.5 Å². The molecule has 0 spiro atoms. The molecular weight excluding hydrogens is 436 g/mol. The minimum absolute atomic E-state index is 0.0870. The average molecular weight is 461 g/mol. The van der Waals surface area contributed by atoms with Crippen LogP contribution in [0.15, 0.2) is 47.4 Å². The molecule has 9 nitrogen and oxygen atoms in total. The molecule has 1 atom stereocenters. The van der Waals surface area contributed by atoms with E-state index in [0.29, 0.717) is 17.1 Å². The Morgan fingerprint density at radius 2 is 1.78 bits per heavy atom. The number of ether oxygens (including phenoxy) is 3. The van der Waals surface area contributed by atoms with E-state index in [-0.39, 0.29) is 23.4 Å². The number of hydrogen-bond donors (Lipinski definition) is 2. The van der Waals surface area contributed by atoms with Crippen molar-refractivity contribution in [2.24, 2.45) is 0 Å². The van der Waals surface area contributed by atoms with Crippen LogP contribution < -0.4 is 19.5 Å². The van der Waals surface area contributed by atoms with E-state index in [1.165, 1.54) is 45.6 Å². The van der Waals surface area contributed by atoms with E-state index >= 15 is 0 Å². The Kier molecular flexibility index (Phi) is 8.63. The number of amides is 1. The largest absolute Gasteiger partial charge is 0.493 e. The lowest BCUT2D eigenvalue weighted by molar-refractivity contribution is -0.141. The van der Waals surface area contributed by atoms with Gasteiger partial charge in [0.25, 0.3) is 5.91 Å². The molecule has 0 saturated carbocycles. The molecule has 0 heterocycles. The Bertz CT molecular complexity index is 1120. The highest BCUT2D eigenvalue weighted by Crippen LogP contribution is 2.31. The van der Waals surface area contributed by atoms with Crippen molar-refractivity contribution in [3.63, 3.8) is 0 Å². The summed E-state index contributed by atoms with van der Waals surface area (Å²) in [5.74, 6) is 1.96. The van der Waals surface area contributed by atoms with Crippen LogP contribution in [0.1, 0.15) is 28.4 Å². The Balaban J connectivity index is 2.35. The van der Waals surface area contributed by atoms with Crippen LogP contribution in [0, 0.1) is 12.3 Å². The molecule has 2 aromatic carbocycles. The third-order valence-electron chi connectivity index (χ3n) is 4.48. The van der Waals surface area contributed by atoms with Crippen molar-refractivity contribution in [3.05, 3.63) is 53.6 Å². The highest BCUT2D eigenvalue weighted by Gasteiger charge is 2.22. The summed E-state index contributed by atoms with van der Waals surface area (Å²) >= 11 is 0. The van der Waals surface area contributed by atoms with Gasteiger partial charge in [-0.15, -0.1) is 6.42 Å². The Morgan fingerprint density at radius 3 is 2.41 bits per heavy atom. The quantitative estimate of drug-likeness (QED) is 0.409. The second-order valence-corrected chi connectivity index (χ2v) is 8.24. The lowest BCUT2D eigenvalue weighted by Gasteiger charge is -2.20. The molecule has 0 aromatic heterocycles. The van der Waals surface area contributed by atoms with Gasteiger partial charge in [0.15, 0.2) is 11.5 Å². The van der Waals surface area contributed by atoms with Gasteiger partial charge in [-0.25, -0.2) is 8.42 Å². The molecule has 0 aliphatic rings. The lowest BCUT2D eigenvalue weighted by atomic mass is 10.0. The molecule has 0 saturated heterocycles. The summed E-state index contributed by atoms with van der Waals surface area (Å²) in [6.45, 7) is -0.181. The zero-order chi connectivity index (χ0) is 23.7. The first-order chi connectivity index (χ1) is 15.2. The van der Waals surface area contributed by atoms with Crippen LogP contribution in [0.4, 0.5) is 0 Å². The van der Waals surface area contributed by atoms with Crippen LogP contribution in [-0.4, -0.2) is 48.2 Å². The van der Waals surface area contributed by atoms with E-state index in [2.05, 4.69) is 16.0 Å². The van der Waals surface area contributed by atoms with Crippen LogP contribution in [0.25, 0.3) is 0 Å². The van der Waals surface area contributed by atoms with Gasteiger partial charge in [-0.1, -0.05) is 18.1 Å².